The van der Waals surface area contributed by atoms with Gasteiger partial charge >= 0.3 is 0 Å². The van der Waals surface area contributed by atoms with Gasteiger partial charge in [-0.2, -0.15) is 0 Å². The first-order chi connectivity index (χ1) is 17.5. The summed E-state index contributed by atoms with van der Waals surface area (Å²) in [6.45, 7) is 7.63. The molecule has 0 spiro atoms. The maximum Gasteiger partial charge on any atom is 0.264 e. The number of sulfonamides is 1. The number of nitrogens with one attached hydrogen (secondary N) is 1. The summed E-state index contributed by atoms with van der Waals surface area (Å²) < 4.78 is 39.5. The molecular formula is C29H36N2O5S. The number of aryl methyl sites for hydroxylation is 1. The number of rotatable bonds is 11. The Morgan fingerprint density at radius 1 is 0.973 bits per heavy atom. The third kappa shape index (κ3) is 6.83. The first-order valence-corrected chi connectivity index (χ1v) is 13.6. The van der Waals surface area contributed by atoms with Gasteiger partial charge in [0.15, 0.2) is 0 Å². The van der Waals surface area contributed by atoms with Gasteiger partial charge in [-0.05, 0) is 55.5 Å². The van der Waals surface area contributed by atoms with Crippen LogP contribution in [-0.2, 0) is 20.2 Å². The number of ether oxygens (including phenoxy) is 2. The van der Waals surface area contributed by atoms with E-state index in [4.69, 9.17) is 9.47 Å². The highest BCUT2D eigenvalue weighted by Crippen LogP contribution is 2.36. The molecule has 8 heteroatoms. The van der Waals surface area contributed by atoms with Crippen LogP contribution in [-0.4, -0.2) is 41.1 Å². The Morgan fingerprint density at radius 3 is 2.22 bits per heavy atom. The molecule has 0 aliphatic rings. The second kappa shape index (κ2) is 11.7. The quantitative estimate of drug-likeness (QED) is 0.378. The summed E-state index contributed by atoms with van der Waals surface area (Å²) in [7, 11) is -1.15. The summed E-state index contributed by atoms with van der Waals surface area (Å²) in [5.41, 5.74) is 2.13. The van der Waals surface area contributed by atoms with E-state index in [0.717, 1.165) is 9.87 Å². The molecule has 7 nitrogen and oxygen atoms in total. The molecule has 0 heterocycles. The summed E-state index contributed by atoms with van der Waals surface area (Å²) in [6.07, 6.45) is 0.677. The zero-order valence-electron chi connectivity index (χ0n) is 22.3. The van der Waals surface area contributed by atoms with E-state index in [9.17, 15) is 13.2 Å². The van der Waals surface area contributed by atoms with E-state index in [-0.39, 0.29) is 22.0 Å². The highest BCUT2D eigenvalue weighted by molar-refractivity contribution is 7.92. The van der Waals surface area contributed by atoms with Gasteiger partial charge in [-0.1, -0.05) is 61.9 Å². The molecule has 3 aromatic rings. The van der Waals surface area contributed by atoms with Crippen molar-refractivity contribution in [3.63, 3.8) is 0 Å². The molecule has 0 aliphatic carbocycles. The number of nitrogens with zero attached hydrogens (tertiary/aromatic N) is 1. The number of carbonyl (C=O) groups is 1. The van der Waals surface area contributed by atoms with Gasteiger partial charge in [0.2, 0.25) is 5.91 Å². The van der Waals surface area contributed by atoms with Gasteiger partial charge in [0.1, 0.15) is 18.0 Å². The average Bonchev–Trinajstić information content (AvgIpc) is 2.87. The number of benzene rings is 3. The highest BCUT2D eigenvalue weighted by Gasteiger charge is 2.31. The van der Waals surface area contributed by atoms with Gasteiger partial charge in [0, 0.05) is 12.1 Å². The molecule has 3 aromatic carbocycles. The first kappa shape index (κ1) is 28.1. The van der Waals surface area contributed by atoms with E-state index in [1.165, 1.54) is 31.9 Å². The number of methoxy groups -OCH3 is 2. The zero-order valence-corrected chi connectivity index (χ0v) is 23.1. The van der Waals surface area contributed by atoms with E-state index in [0.29, 0.717) is 17.9 Å². The molecule has 0 saturated carbocycles. The summed E-state index contributed by atoms with van der Waals surface area (Å²) in [6, 6.07) is 21.3. The van der Waals surface area contributed by atoms with Crippen LogP contribution in [0.1, 0.15) is 38.3 Å². The van der Waals surface area contributed by atoms with E-state index >= 15 is 0 Å². The van der Waals surface area contributed by atoms with Crippen LogP contribution in [0.4, 0.5) is 5.69 Å². The Labute approximate surface area is 220 Å². The lowest BCUT2D eigenvalue weighted by Gasteiger charge is -2.30. The molecular weight excluding hydrogens is 488 g/mol. The molecule has 0 radical (unpaired) electrons. The predicted molar refractivity (Wildman–Crippen MR) is 147 cm³/mol. The predicted octanol–water partition coefficient (Wildman–Crippen LogP) is 5.08. The van der Waals surface area contributed by atoms with Gasteiger partial charge in [-0.15, -0.1) is 0 Å². The Balaban J connectivity index is 1.91. The first-order valence-electron chi connectivity index (χ1n) is 12.1. The largest absolute Gasteiger partial charge is 0.497 e. The summed E-state index contributed by atoms with van der Waals surface area (Å²) >= 11 is 0. The fraction of sp³-hybridized carbons (Fsp3) is 0.345. The van der Waals surface area contributed by atoms with E-state index in [1.54, 1.807) is 30.3 Å². The standard InChI is InChI=1S/C29H36N2O5S/c1-21-12-15-25(16-13-21)37(33,34)31(26-18-24(35-5)14-17-27(26)36-6)20-28(32)30-22(2)19-29(3,4)23-10-8-7-9-11-23/h7-18,22H,19-20H2,1-6H3,(H,30,32). The molecule has 1 atom stereocenters. The SMILES string of the molecule is COc1ccc(OC)c(N(CC(=O)NC(C)CC(C)(C)c2ccccc2)S(=O)(=O)c2ccc(C)cc2)c1. The molecule has 0 saturated heterocycles. The molecule has 37 heavy (non-hydrogen) atoms. The number of hydrogen-bond acceptors (Lipinski definition) is 5. The minimum Gasteiger partial charge on any atom is -0.497 e. The highest BCUT2D eigenvalue weighted by atomic mass is 32.2. The molecule has 1 N–H and O–H groups in total. The monoisotopic (exact) mass is 524 g/mol. The van der Waals surface area contributed by atoms with Crippen molar-refractivity contribution >= 4 is 21.6 Å². The zero-order chi connectivity index (χ0) is 27.2. The minimum atomic E-state index is -4.10. The topological polar surface area (TPSA) is 84.9 Å². The number of carbonyl (C=O) groups excluding carboxylic acids is 1. The van der Waals surface area contributed by atoms with Gasteiger partial charge in [0.25, 0.3) is 10.0 Å². The van der Waals surface area contributed by atoms with Crippen molar-refractivity contribution in [2.45, 2.75) is 50.5 Å². The third-order valence-electron chi connectivity index (χ3n) is 6.33. The fourth-order valence-corrected chi connectivity index (χ4v) is 5.83. The Kier molecular flexibility index (Phi) is 8.86. The summed E-state index contributed by atoms with van der Waals surface area (Å²) in [5.74, 6) is 0.331. The van der Waals surface area contributed by atoms with Crippen molar-refractivity contribution in [3.8, 4) is 11.5 Å². The van der Waals surface area contributed by atoms with Crippen LogP contribution < -0.4 is 19.1 Å². The van der Waals surface area contributed by atoms with Gasteiger partial charge in [-0.25, -0.2) is 8.42 Å². The molecule has 0 bridgehead atoms. The maximum atomic E-state index is 13.8. The molecule has 198 valence electrons. The van der Waals surface area contributed by atoms with E-state index in [2.05, 4.69) is 31.3 Å². The second-order valence-corrected chi connectivity index (χ2v) is 11.6. The van der Waals surface area contributed by atoms with Gasteiger partial charge in [-0.3, -0.25) is 9.10 Å². The van der Waals surface area contributed by atoms with Crippen molar-refractivity contribution in [3.05, 3.63) is 83.9 Å². The number of amides is 1. The summed E-state index contributed by atoms with van der Waals surface area (Å²) in [5, 5.41) is 2.99. The van der Waals surface area contributed by atoms with Crippen molar-refractivity contribution in [1.29, 1.82) is 0 Å². The molecule has 1 amide bonds. The van der Waals surface area contributed by atoms with Crippen molar-refractivity contribution in [1.82, 2.24) is 5.32 Å². The molecule has 0 aromatic heterocycles. The van der Waals surface area contributed by atoms with Crippen LogP contribution in [0.25, 0.3) is 0 Å². The third-order valence-corrected chi connectivity index (χ3v) is 8.10. The van der Waals surface area contributed by atoms with Crippen LogP contribution in [0.3, 0.4) is 0 Å². The van der Waals surface area contributed by atoms with E-state index < -0.39 is 22.5 Å². The van der Waals surface area contributed by atoms with Crippen molar-refractivity contribution in [2.24, 2.45) is 0 Å². The lowest BCUT2D eigenvalue weighted by molar-refractivity contribution is -0.120. The molecule has 3 rings (SSSR count). The van der Waals surface area contributed by atoms with Crippen LogP contribution in [0, 0.1) is 6.92 Å². The number of hydrogen-bond donors (Lipinski definition) is 1. The van der Waals surface area contributed by atoms with Gasteiger partial charge in [0.05, 0.1) is 24.8 Å². The lowest BCUT2D eigenvalue weighted by Crippen LogP contribution is -2.45. The Morgan fingerprint density at radius 2 is 1.62 bits per heavy atom. The Hall–Kier alpha value is -3.52. The average molecular weight is 525 g/mol. The van der Waals surface area contributed by atoms with Gasteiger partial charge < -0.3 is 14.8 Å². The van der Waals surface area contributed by atoms with Crippen molar-refractivity contribution < 1.29 is 22.7 Å². The maximum absolute atomic E-state index is 13.8. The normalized spacial score (nSPS) is 12.5. The van der Waals surface area contributed by atoms with Crippen LogP contribution >= 0.6 is 0 Å². The van der Waals surface area contributed by atoms with Crippen molar-refractivity contribution in [2.75, 3.05) is 25.1 Å². The number of anilines is 1. The molecule has 1 unspecified atom stereocenters. The second-order valence-electron chi connectivity index (χ2n) is 9.79. The smallest absolute Gasteiger partial charge is 0.264 e. The molecule has 0 aliphatic heterocycles. The van der Waals surface area contributed by atoms with E-state index in [1.807, 2.05) is 32.0 Å². The fourth-order valence-electron chi connectivity index (χ4n) is 4.40. The molecule has 0 fully saturated rings. The van der Waals surface area contributed by atoms with Crippen LogP contribution in [0.15, 0.2) is 77.7 Å². The lowest BCUT2D eigenvalue weighted by atomic mass is 9.79. The minimum absolute atomic E-state index is 0.0778. The van der Waals surface area contributed by atoms with Crippen LogP contribution in [0.5, 0.6) is 11.5 Å². The van der Waals surface area contributed by atoms with Crippen LogP contribution in [0.2, 0.25) is 0 Å². The Bertz CT molecular complexity index is 1310. The summed E-state index contributed by atoms with van der Waals surface area (Å²) in [4.78, 5) is 13.3.